The van der Waals surface area contributed by atoms with Gasteiger partial charge in [0, 0.05) is 24.7 Å². The summed E-state index contributed by atoms with van der Waals surface area (Å²) in [4.78, 5) is 27.0. The third-order valence-corrected chi connectivity index (χ3v) is 4.50. The molecule has 3 rings (SSSR count). The molecule has 2 aromatic carbocycles. The molecule has 0 N–H and O–H groups in total. The first kappa shape index (κ1) is 14.5. The maximum absolute atomic E-state index is 12.7. The van der Waals surface area contributed by atoms with E-state index in [0.717, 1.165) is 16.8 Å². The second-order valence-corrected chi connectivity index (χ2v) is 6.18. The molecule has 1 amide bonds. The third kappa shape index (κ3) is 2.13. The minimum Gasteiger partial charge on any atom is -0.314 e. The number of aryl methyl sites for hydroxylation is 1. The number of Topliss-reactive ketones (excluding diaryl/α,β-unsaturated/α-hetero) is 1. The van der Waals surface area contributed by atoms with Gasteiger partial charge in [-0.1, -0.05) is 42.5 Å². The van der Waals surface area contributed by atoms with Crippen molar-refractivity contribution in [1.29, 1.82) is 0 Å². The van der Waals surface area contributed by atoms with Gasteiger partial charge in [0.05, 0.1) is 5.41 Å². The number of nitrogens with zero attached hydrogens (tertiary/aromatic N) is 1. The summed E-state index contributed by atoms with van der Waals surface area (Å²) in [5.41, 5.74) is 2.82. The smallest absolute Gasteiger partial charge is 0.237 e. The molecule has 1 heterocycles. The molecule has 22 heavy (non-hydrogen) atoms. The van der Waals surface area contributed by atoms with E-state index in [1.165, 1.54) is 0 Å². The van der Waals surface area contributed by atoms with Crippen molar-refractivity contribution in [2.45, 2.75) is 25.7 Å². The van der Waals surface area contributed by atoms with Crippen molar-refractivity contribution in [3.8, 4) is 0 Å². The van der Waals surface area contributed by atoms with E-state index in [2.05, 4.69) is 0 Å². The van der Waals surface area contributed by atoms with Gasteiger partial charge in [0.15, 0.2) is 5.78 Å². The van der Waals surface area contributed by atoms with Crippen LogP contribution in [0.2, 0.25) is 0 Å². The van der Waals surface area contributed by atoms with Gasteiger partial charge in [0.1, 0.15) is 0 Å². The van der Waals surface area contributed by atoms with Crippen LogP contribution in [0.4, 0.5) is 5.69 Å². The lowest BCUT2D eigenvalue weighted by Crippen LogP contribution is -2.37. The van der Waals surface area contributed by atoms with Crippen LogP contribution in [0.1, 0.15) is 34.8 Å². The number of ketones is 1. The molecule has 0 saturated carbocycles. The number of benzene rings is 2. The van der Waals surface area contributed by atoms with Crippen LogP contribution in [-0.2, 0) is 10.2 Å². The summed E-state index contributed by atoms with van der Waals surface area (Å²) < 4.78 is 0. The number of hydrogen-bond donors (Lipinski definition) is 0. The van der Waals surface area contributed by atoms with Gasteiger partial charge in [-0.05, 0) is 31.0 Å². The Labute approximate surface area is 130 Å². The van der Waals surface area contributed by atoms with E-state index in [4.69, 9.17) is 0 Å². The Morgan fingerprint density at radius 3 is 2.50 bits per heavy atom. The van der Waals surface area contributed by atoms with Crippen LogP contribution in [0.5, 0.6) is 0 Å². The summed E-state index contributed by atoms with van der Waals surface area (Å²) in [7, 11) is 1.78. The van der Waals surface area contributed by atoms with Crippen LogP contribution in [0, 0.1) is 6.92 Å². The van der Waals surface area contributed by atoms with Gasteiger partial charge >= 0.3 is 0 Å². The zero-order valence-corrected chi connectivity index (χ0v) is 13.1. The standard InChI is InChI=1S/C19H19NO2/c1-13-9-10-15-16(11-13)20(3)18(22)19(15,2)12-17(21)14-7-5-4-6-8-14/h4-11H,12H2,1-3H3. The largest absolute Gasteiger partial charge is 0.314 e. The molecule has 3 nitrogen and oxygen atoms in total. The number of hydrogen-bond acceptors (Lipinski definition) is 2. The second-order valence-electron chi connectivity index (χ2n) is 6.18. The van der Waals surface area contributed by atoms with E-state index < -0.39 is 5.41 Å². The van der Waals surface area contributed by atoms with Gasteiger partial charge in [-0.25, -0.2) is 0 Å². The number of carbonyl (C=O) groups excluding carboxylic acids is 2. The summed E-state index contributed by atoms with van der Waals surface area (Å²) >= 11 is 0. The van der Waals surface area contributed by atoms with Crippen LogP contribution in [0.25, 0.3) is 0 Å². The second kappa shape index (κ2) is 5.09. The Morgan fingerprint density at radius 1 is 1.14 bits per heavy atom. The van der Waals surface area contributed by atoms with Crippen LogP contribution in [0.15, 0.2) is 48.5 Å². The molecule has 0 saturated heterocycles. The van der Waals surface area contributed by atoms with Crippen molar-refractivity contribution in [3.63, 3.8) is 0 Å². The highest BCUT2D eigenvalue weighted by Crippen LogP contribution is 2.44. The van der Waals surface area contributed by atoms with E-state index in [9.17, 15) is 9.59 Å². The first-order chi connectivity index (χ1) is 10.4. The Balaban J connectivity index is 2.00. The Kier molecular flexibility index (Phi) is 3.36. The lowest BCUT2D eigenvalue weighted by Gasteiger charge is -2.22. The molecule has 2 aromatic rings. The summed E-state index contributed by atoms with van der Waals surface area (Å²) in [5.74, 6) is -0.0179. The number of rotatable bonds is 3. The molecule has 3 heteroatoms. The fraction of sp³-hybridized carbons (Fsp3) is 0.263. The van der Waals surface area contributed by atoms with Gasteiger partial charge in [-0.2, -0.15) is 0 Å². The molecule has 0 aromatic heterocycles. The highest BCUT2D eigenvalue weighted by Gasteiger charge is 2.47. The number of amides is 1. The monoisotopic (exact) mass is 293 g/mol. The minimum absolute atomic E-state index is 0.00160. The summed E-state index contributed by atoms with van der Waals surface area (Å²) in [6.45, 7) is 3.87. The number of likely N-dealkylation sites (N-methyl/N-ethyl adjacent to an activating group) is 1. The molecule has 0 spiro atoms. The van der Waals surface area contributed by atoms with Gasteiger partial charge in [-0.15, -0.1) is 0 Å². The number of fused-ring (bicyclic) bond motifs is 1. The highest BCUT2D eigenvalue weighted by atomic mass is 16.2. The highest BCUT2D eigenvalue weighted by molar-refractivity contribution is 6.11. The van der Waals surface area contributed by atoms with Crippen molar-refractivity contribution < 1.29 is 9.59 Å². The van der Waals surface area contributed by atoms with E-state index in [0.29, 0.717) is 5.56 Å². The lowest BCUT2D eigenvalue weighted by atomic mass is 9.78. The molecule has 1 aliphatic heterocycles. The number of anilines is 1. The molecular formula is C19H19NO2. The first-order valence-electron chi connectivity index (χ1n) is 7.41. The molecule has 1 unspecified atom stereocenters. The van der Waals surface area contributed by atoms with E-state index in [1.54, 1.807) is 24.1 Å². The van der Waals surface area contributed by atoms with Crippen LogP contribution < -0.4 is 4.90 Å². The van der Waals surface area contributed by atoms with E-state index >= 15 is 0 Å². The lowest BCUT2D eigenvalue weighted by molar-refractivity contribution is -0.122. The summed E-state index contributed by atoms with van der Waals surface area (Å²) in [6, 6.07) is 15.1. The van der Waals surface area contributed by atoms with E-state index in [-0.39, 0.29) is 18.1 Å². The first-order valence-corrected chi connectivity index (χ1v) is 7.41. The molecule has 0 aliphatic carbocycles. The summed E-state index contributed by atoms with van der Waals surface area (Å²) in [5, 5.41) is 0. The third-order valence-electron chi connectivity index (χ3n) is 4.50. The zero-order valence-electron chi connectivity index (χ0n) is 13.1. The molecule has 0 bridgehead atoms. The van der Waals surface area contributed by atoms with Gasteiger partial charge in [0.25, 0.3) is 0 Å². The normalized spacial score (nSPS) is 20.1. The predicted molar refractivity (Wildman–Crippen MR) is 87.3 cm³/mol. The van der Waals surface area contributed by atoms with Crippen molar-refractivity contribution in [2.75, 3.05) is 11.9 Å². The van der Waals surface area contributed by atoms with Crippen LogP contribution in [0.3, 0.4) is 0 Å². The van der Waals surface area contributed by atoms with Gasteiger partial charge < -0.3 is 4.90 Å². The van der Waals surface area contributed by atoms with Crippen LogP contribution in [-0.4, -0.2) is 18.7 Å². The van der Waals surface area contributed by atoms with Gasteiger partial charge in [0.2, 0.25) is 5.91 Å². The SMILES string of the molecule is Cc1ccc2c(c1)N(C)C(=O)C2(C)CC(=O)c1ccccc1. The fourth-order valence-electron chi connectivity index (χ4n) is 3.20. The molecule has 112 valence electrons. The average molecular weight is 293 g/mol. The topological polar surface area (TPSA) is 37.4 Å². The molecule has 0 fully saturated rings. The zero-order chi connectivity index (χ0) is 15.9. The Morgan fingerprint density at radius 2 is 1.82 bits per heavy atom. The van der Waals surface area contributed by atoms with Crippen LogP contribution >= 0.6 is 0 Å². The Hall–Kier alpha value is -2.42. The quantitative estimate of drug-likeness (QED) is 0.812. The van der Waals surface area contributed by atoms with E-state index in [1.807, 2.05) is 50.2 Å². The molecule has 0 radical (unpaired) electrons. The maximum Gasteiger partial charge on any atom is 0.237 e. The average Bonchev–Trinajstić information content (AvgIpc) is 2.70. The van der Waals surface area contributed by atoms with Crippen molar-refractivity contribution >= 4 is 17.4 Å². The predicted octanol–water partition coefficient (Wildman–Crippen LogP) is 3.50. The van der Waals surface area contributed by atoms with Crippen molar-refractivity contribution in [3.05, 3.63) is 65.2 Å². The molecule has 1 aliphatic rings. The Bertz CT molecular complexity index is 751. The van der Waals surface area contributed by atoms with Gasteiger partial charge in [-0.3, -0.25) is 9.59 Å². The number of carbonyl (C=O) groups is 2. The fourth-order valence-corrected chi connectivity index (χ4v) is 3.20. The van der Waals surface area contributed by atoms with Crippen molar-refractivity contribution in [1.82, 2.24) is 0 Å². The molecule has 1 atom stereocenters. The minimum atomic E-state index is -0.787. The maximum atomic E-state index is 12.7. The summed E-state index contributed by atoms with van der Waals surface area (Å²) in [6.07, 6.45) is 0.191. The molecular weight excluding hydrogens is 274 g/mol. The van der Waals surface area contributed by atoms with Crippen molar-refractivity contribution in [2.24, 2.45) is 0 Å².